The maximum absolute atomic E-state index is 12.9. The molecule has 2 aromatic heterocycles. The summed E-state index contributed by atoms with van der Waals surface area (Å²) in [6.07, 6.45) is 2.39. The van der Waals surface area contributed by atoms with E-state index < -0.39 is 0 Å². The highest BCUT2D eigenvalue weighted by atomic mass is 32.2. The molecule has 8 nitrogen and oxygen atoms in total. The first-order valence-corrected chi connectivity index (χ1v) is 10.5. The van der Waals surface area contributed by atoms with Crippen LogP contribution in [0.1, 0.15) is 34.6 Å². The van der Waals surface area contributed by atoms with Gasteiger partial charge in [-0.25, -0.2) is 0 Å². The van der Waals surface area contributed by atoms with Crippen molar-refractivity contribution < 1.29 is 14.6 Å². The largest absolute Gasteiger partial charge is 0.508 e. The SMILES string of the molecule is Cc1cc(C(=O)CSc2nnnn2-c2ccc(O)cc2)c(C)n1C[C@@H]1CCCO1. The van der Waals surface area contributed by atoms with Crippen molar-refractivity contribution in [3.05, 3.63) is 47.3 Å². The lowest BCUT2D eigenvalue weighted by Gasteiger charge is -2.14. The van der Waals surface area contributed by atoms with Crippen LogP contribution < -0.4 is 0 Å². The summed E-state index contributed by atoms with van der Waals surface area (Å²) < 4.78 is 9.47. The van der Waals surface area contributed by atoms with Crippen LogP contribution in [-0.4, -0.2) is 54.1 Å². The van der Waals surface area contributed by atoms with Gasteiger partial charge in [0.25, 0.3) is 0 Å². The summed E-state index contributed by atoms with van der Waals surface area (Å²) in [5.74, 6) is 0.453. The fraction of sp³-hybridized carbons (Fsp3) is 0.400. The van der Waals surface area contributed by atoms with Crippen molar-refractivity contribution in [3.63, 3.8) is 0 Å². The van der Waals surface area contributed by atoms with Gasteiger partial charge in [-0.05, 0) is 67.4 Å². The number of carbonyl (C=O) groups excluding carboxylic acids is 1. The van der Waals surface area contributed by atoms with Crippen molar-refractivity contribution in [2.75, 3.05) is 12.4 Å². The predicted octanol–water partition coefficient (Wildman–Crippen LogP) is 2.94. The summed E-state index contributed by atoms with van der Waals surface area (Å²) in [5.41, 5.74) is 3.50. The van der Waals surface area contributed by atoms with E-state index in [2.05, 4.69) is 20.1 Å². The number of aromatic hydroxyl groups is 1. The molecule has 0 bridgehead atoms. The molecule has 0 saturated carbocycles. The molecule has 1 saturated heterocycles. The van der Waals surface area contributed by atoms with Gasteiger partial charge in [0, 0.05) is 30.1 Å². The Bertz CT molecular complexity index is 1010. The van der Waals surface area contributed by atoms with Crippen molar-refractivity contribution in [3.8, 4) is 11.4 Å². The molecular formula is C20H23N5O3S. The van der Waals surface area contributed by atoms with E-state index in [-0.39, 0.29) is 23.4 Å². The number of hydrogen-bond donors (Lipinski definition) is 1. The minimum absolute atomic E-state index is 0.0435. The molecule has 0 unspecified atom stereocenters. The molecule has 29 heavy (non-hydrogen) atoms. The predicted molar refractivity (Wildman–Crippen MR) is 109 cm³/mol. The van der Waals surface area contributed by atoms with Gasteiger partial charge in [-0.2, -0.15) is 4.68 Å². The van der Waals surface area contributed by atoms with Gasteiger partial charge in [0.2, 0.25) is 5.16 Å². The molecule has 4 rings (SSSR count). The molecular weight excluding hydrogens is 390 g/mol. The highest BCUT2D eigenvalue weighted by Gasteiger charge is 2.21. The van der Waals surface area contributed by atoms with E-state index in [1.807, 2.05) is 19.9 Å². The number of hydrogen-bond acceptors (Lipinski definition) is 7. The number of nitrogens with zero attached hydrogens (tertiary/aromatic N) is 5. The number of tetrazole rings is 1. The minimum Gasteiger partial charge on any atom is -0.508 e. The Kier molecular flexibility index (Phi) is 5.68. The fourth-order valence-electron chi connectivity index (χ4n) is 3.59. The minimum atomic E-state index is 0.0435. The lowest BCUT2D eigenvalue weighted by molar-refractivity contribution is 0.0957. The van der Waals surface area contributed by atoms with Crippen LogP contribution in [0.5, 0.6) is 5.75 Å². The van der Waals surface area contributed by atoms with Crippen LogP contribution >= 0.6 is 11.8 Å². The van der Waals surface area contributed by atoms with E-state index in [0.29, 0.717) is 5.16 Å². The first-order valence-electron chi connectivity index (χ1n) is 9.55. The van der Waals surface area contributed by atoms with Gasteiger partial charge in [-0.3, -0.25) is 4.79 Å². The summed E-state index contributed by atoms with van der Waals surface area (Å²) in [5, 5.41) is 21.7. The highest BCUT2D eigenvalue weighted by Crippen LogP contribution is 2.24. The Morgan fingerprint density at radius 1 is 1.31 bits per heavy atom. The number of benzene rings is 1. The van der Waals surface area contributed by atoms with E-state index in [1.165, 1.54) is 11.8 Å². The zero-order valence-corrected chi connectivity index (χ0v) is 17.2. The van der Waals surface area contributed by atoms with Crippen LogP contribution in [0.25, 0.3) is 5.69 Å². The molecule has 1 aliphatic heterocycles. The van der Waals surface area contributed by atoms with Crippen molar-refractivity contribution in [1.29, 1.82) is 0 Å². The number of phenolic OH excluding ortho intramolecular Hbond substituents is 1. The molecule has 1 fully saturated rings. The van der Waals surface area contributed by atoms with Crippen molar-refractivity contribution >= 4 is 17.5 Å². The first-order chi connectivity index (χ1) is 14.0. The Hall–Kier alpha value is -2.65. The molecule has 0 amide bonds. The first kappa shape index (κ1) is 19.7. The third kappa shape index (κ3) is 4.20. The summed E-state index contributed by atoms with van der Waals surface area (Å²) in [4.78, 5) is 12.9. The Morgan fingerprint density at radius 3 is 2.83 bits per heavy atom. The average molecular weight is 414 g/mol. The lowest BCUT2D eigenvalue weighted by atomic mass is 10.2. The standard InChI is InChI=1S/C20H23N5O3S/c1-13-10-18(14(2)24(13)11-17-4-3-9-28-17)19(27)12-29-20-21-22-23-25(20)15-5-7-16(26)8-6-15/h5-8,10,17,26H,3-4,9,11-12H2,1-2H3/t17-/m0/s1. The fourth-order valence-corrected chi connectivity index (χ4v) is 4.36. The zero-order chi connectivity index (χ0) is 20.4. The van der Waals surface area contributed by atoms with Crippen LogP contribution in [0.4, 0.5) is 0 Å². The molecule has 1 aromatic carbocycles. The second kappa shape index (κ2) is 8.38. The van der Waals surface area contributed by atoms with Gasteiger partial charge in [-0.1, -0.05) is 11.8 Å². The molecule has 9 heteroatoms. The Balaban J connectivity index is 1.46. The number of phenols is 1. The summed E-state index contributed by atoms with van der Waals surface area (Å²) in [7, 11) is 0. The van der Waals surface area contributed by atoms with Crippen molar-refractivity contribution in [1.82, 2.24) is 24.8 Å². The lowest BCUT2D eigenvalue weighted by Crippen LogP contribution is -2.17. The quantitative estimate of drug-likeness (QED) is 0.470. The maximum Gasteiger partial charge on any atom is 0.214 e. The van der Waals surface area contributed by atoms with Crippen molar-refractivity contribution in [2.45, 2.75) is 44.5 Å². The number of thioether (sulfide) groups is 1. The monoisotopic (exact) mass is 413 g/mol. The Labute approximate surface area is 172 Å². The van der Waals surface area contributed by atoms with Gasteiger partial charge in [0.15, 0.2) is 5.78 Å². The smallest absolute Gasteiger partial charge is 0.214 e. The molecule has 0 spiro atoms. The number of Topliss-reactive ketones (excluding diaryl/α,β-unsaturated/α-hetero) is 1. The Morgan fingerprint density at radius 2 is 2.10 bits per heavy atom. The summed E-state index contributed by atoms with van der Waals surface area (Å²) in [6.45, 7) is 5.62. The highest BCUT2D eigenvalue weighted by molar-refractivity contribution is 7.99. The third-order valence-corrected chi connectivity index (χ3v) is 6.07. The molecule has 1 aliphatic rings. The second-order valence-electron chi connectivity index (χ2n) is 7.13. The van der Waals surface area contributed by atoms with E-state index in [4.69, 9.17) is 4.74 Å². The number of ketones is 1. The molecule has 3 heterocycles. The van der Waals surface area contributed by atoms with Gasteiger partial charge in [0.1, 0.15) is 5.75 Å². The van der Waals surface area contributed by atoms with Crippen LogP contribution in [-0.2, 0) is 11.3 Å². The molecule has 0 aliphatic carbocycles. The van der Waals surface area contributed by atoms with Gasteiger partial charge in [0.05, 0.1) is 17.5 Å². The second-order valence-corrected chi connectivity index (χ2v) is 8.07. The van der Waals surface area contributed by atoms with E-state index in [1.54, 1.807) is 28.9 Å². The number of rotatable bonds is 7. The van der Waals surface area contributed by atoms with Crippen LogP contribution in [0, 0.1) is 13.8 Å². The number of carbonyl (C=O) groups is 1. The summed E-state index contributed by atoms with van der Waals surface area (Å²) in [6, 6.07) is 8.53. The molecule has 1 atom stereocenters. The van der Waals surface area contributed by atoms with Crippen LogP contribution in [0.3, 0.4) is 0 Å². The van der Waals surface area contributed by atoms with Gasteiger partial charge >= 0.3 is 0 Å². The maximum atomic E-state index is 12.9. The van der Waals surface area contributed by atoms with E-state index in [9.17, 15) is 9.90 Å². The van der Waals surface area contributed by atoms with Crippen molar-refractivity contribution in [2.24, 2.45) is 0 Å². The zero-order valence-electron chi connectivity index (χ0n) is 16.4. The average Bonchev–Trinajstić information content (AvgIpc) is 3.45. The normalized spacial score (nSPS) is 16.4. The van der Waals surface area contributed by atoms with Gasteiger partial charge in [-0.15, -0.1) is 5.10 Å². The summed E-state index contributed by atoms with van der Waals surface area (Å²) >= 11 is 1.29. The van der Waals surface area contributed by atoms with Gasteiger partial charge < -0.3 is 14.4 Å². The van der Waals surface area contributed by atoms with E-state index in [0.717, 1.165) is 48.6 Å². The number of aryl methyl sites for hydroxylation is 1. The topological polar surface area (TPSA) is 95.1 Å². The molecule has 1 N–H and O–H groups in total. The van der Waals surface area contributed by atoms with E-state index >= 15 is 0 Å². The van der Waals surface area contributed by atoms with Crippen LogP contribution in [0.2, 0.25) is 0 Å². The van der Waals surface area contributed by atoms with Crippen LogP contribution in [0.15, 0.2) is 35.5 Å². The molecule has 3 aromatic rings. The molecule has 152 valence electrons. The third-order valence-electron chi connectivity index (χ3n) is 5.15. The molecule has 0 radical (unpaired) electrons. The number of aromatic nitrogens is 5. The number of ether oxygens (including phenoxy) is 1.